The van der Waals surface area contributed by atoms with Crippen LogP contribution in [0.2, 0.25) is 0 Å². The fourth-order valence-corrected chi connectivity index (χ4v) is 2.33. The van der Waals surface area contributed by atoms with Gasteiger partial charge in [-0.15, -0.1) is 0 Å². The molecular formula is C13H12BrFN4O. The molecule has 1 aromatic carbocycles. The summed E-state index contributed by atoms with van der Waals surface area (Å²) in [6, 6.07) is 4.39. The first-order valence-corrected chi connectivity index (χ1v) is 6.95. The van der Waals surface area contributed by atoms with Crippen LogP contribution in [0.1, 0.15) is 34.9 Å². The highest BCUT2D eigenvalue weighted by Crippen LogP contribution is 2.42. The lowest BCUT2D eigenvalue weighted by Gasteiger charge is -2.05. The predicted molar refractivity (Wildman–Crippen MR) is 77.0 cm³/mol. The van der Waals surface area contributed by atoms with E-state index in [4.69, 9.17) is 5.73 Å². The Balaban J connectivity index is 1.82. The van der Waals surface area contributed by atoms with Gasteiger partial charge in [0.1, 0.15) is 5.82 Å². The normalized spacial score (nSPS) is 14.3. The number of nitrogen functional groups attached to an aromatic ring is 1. The second kappa shape index (κ2) is 4.90. The summed E-state index contributed by atoms with van der Waals surface area (Å²) in [5, 5.41) is 9.19. The van der Waals surface area contributed by atoms with Crippen LogP contribution in [-0.4, -0.2) is 16.1 Å². The second-order valence-corrected chi connectivity index (χ2v) is 5.67. The van der Waals surface area contributed by atoms with Crippen molar-refractivity contribution in [3.63, 3.8) is 0 Å². The molecule has 20 heavy (non-hydrogen) atoms. The van der Waals surface area contributed by atoms with Gasteiger partial charge in [0.2, 0.25) is 0 Å². The predicted octanol–water partition coefficient (Wildman–Crippen LogP) is 3.02. The van der Waals surface area contributed by atoms with Crippen LogP contribution in [0.25, 0.3) is 0 Å². The molecule has 4 N–H and O–H groups in total. The van der Waals surface area contributed by atoms with Crippen LogP contribution >= 0.6 is 15.9 Å². The van der Waals surface area contributed by atoms with Gasteiger partial charge < -0.3 is 11.1 Å². The van der Waals surface area contributed by atoms with Crippen molar-refractivity contribution in [1.29, 1.82) is 0 Å². The third-order valence-corrected chi connectivity index (χ3v) is 3.71. The number of carbonyl (C=O) groups is 1. The highest BCUT2D eigenvalue weighted by atomic mass is 79.9. The second-order valence-electron chi connectivity index (χ2n) is 4.75. The average Bonchev–Trinajstić information content (AvgIpc) is 3.16. The van der Waals surface area contributed by atoms with Crippen LogP contribution in [0, 0.1) is 5.82 Å². The van der Waals surface area contributed by atoms with E-state index in [2.05, 4.69) is 31.4 Å². The Bertz CT molecular complexity index is 681. The monoisotopic (exact) mass is 338 g/mol. The molecule has 0 aliphatic heterocycles. The van der Waals surface area contributed by atoms with Crippen molar-refractivity contribution in [3.05, 3.63) is 39.9 Å². The van der Waals surface area contributed by atoms with Gasteiger partial charge >= 0.3 is 0 Å². The Labute approximate surface area is 122 Å². The van der Waals surface area contributed by atoms with Gasteiger partial charge in [-0.3, -0.25) is 9.89 Å². The lowest BCUT2D eigenvalue weighted by molar-refractivity contribution is 0.102. The van der Waals surface area contributed by atoms with Crippen LogP contribution in [-0.2, 0) is 0 Å². The zero-order valence-electron chi connectivity index (χ0n) is 10.4. The van der Waals surface area contributed by atoms with E-state index in [-0.39, 0.29) is 11.4 Å². The zero-order chi connectivity index (χ0) is 14.3. The molecule has 0 unspecified atom stereocenters. The number of hydrogen-bond donors (Lipinski definition) is 3. The van der Waals surface area contributed by atoms with Crippen molar-refractivity contribution in [2.24, 2.45) is 0 Å². The van der Waals surface area contributed by atoms with E-state index in [1.807, 2.05) is 0 Å². The van der Waals surface area contributed by atoms with Gasteiger partial charge in [-0.05, 0) is 31.0 Å². The number of aromatic nitrogens is 2. The maximum Gasteiger partial charge on any atom is 0.278 e. The summed E-state index contributed by atoms with van der Waals surface area (Å²) in [4.78, 5) is 12.1. The minimum absolute atomic E-state index is 0.0913. The maximum absolute atomic E-state index is 13.7. The van der Waals surface area contributed by atoms with Crippen LogP contribution in [0.3, 0.4) is 0 Å². The molecule has 0 radical (unpaired) electrons. The van der Waals surface area contributed by atoms with Gasteiger partial charge in [0, 0.05) is 10.4 Å². The van der Waals surface area contributed by atoms with Crippen molar-refractivity contribution in [3.8, 4) is 0 Å². The van der Waals surface area contributed by atoms with Crippen LogP contribution in [0.4, 0.5) is 15.8 Å². The molecule has 3 rings (SSSR count). The lowest BCUT2D eigenvalue weighted by atomic mass is 10.2. The van der Waals surface area contributed by atoms with Crippen molar-refractivity contribution in [2.75, 3.05) is 11.1 Å². The maximum atomic E-state index is 13.7. The number of rotatable bonds is 3. The van der Waals surface area contributed by atoms with Gasteiger partial charge in [0.05, 0.1) is 17.1 Å². The highest BCUT2D eigenvalue weighted by molar-refractivity contribution is 9.10. The topological polar surface area (TPSA) is 83.8 Å². The van der Waals surface area contributed by atoms with E-state index in [1.165, 1.54) is 12.1 Å². The molecule has 1 aliphatic rings. The third-order valence-electron chi connectivity index (χ3n) is 3.21. The van der Waals surface area contributed by atoms with Crippen LogP contribution in [0.15, 0.2) is 22.7 Å². The number of benzene rings is 1. The molecule has 2 aromatic rings. The molecule has 0 spiro atoms. The Morgan fingerprint density at radius 3 is 2.90 bits per heavy atom. The summed E-state index contributed by atoms with van der Waals surface area (Å²) in [5.74, 6) is -0.676. The number of nitrogens with zero attached hydrogens (tertiary/aromatic N) is 1. The molecular weight excluding hydrogens is 327 g/mol. The van der Waals surface area contributed by atoms with Crippen molar-refractivity contribution in [2.45, 2.75) is 18.8 Å². The molecule has 104 valence electrons. The fraction of sp³-hybridized carbons (Fsp3) is 0.231. The number of halogens is 2. The number of anilines is 2. The van der Waals surface area contributed by atoms with Crippen molar-refractivity contribution in [1.82, 2.24) is 10.2 Å². The molecule has 1 amide bonds. The van der Waals surface area contributed by atoms with E-state index in [9.17, 15) is 9.18 Å². The number of nitrogens with one attached hydrogen (secondary N) is 2. The third kappa shape index (κ3) is 2.40. The van der Waals surface area contributed by atoms with Gasteiger partial charge in [-0.2, -0.15) is 5.10 Å². The molecule has 1 fully saturated rings. The molecule has 1 heterocycles. The summed E-state index contributed by atoms with van der Waals surface area (Å²) < 4.78 is 14.3. The number of aromatic amines is 1. The Hall–Kier alpha value is -1.89. The number of nitrogens with two attached hydrogens (primary N) is 1. The van der Waals surface area contributed by atoms with Gasteiger partial charge in [0.15, 0.2) is 5.69 Å². The molecule has 0 atom stereocenters. The van der Waals surface area contributed by atoms with Gasteiger partial charge in [-0.25, -0.2) is 4.39 Å². The van der Waals surface area contributed by atoms with E-state index in [0.29, 0.717) is 16.1 Å². The van der Waals surface area contributed by atoms with Crippen LogP contribution < -0.4 is 11.1 Å². The van der Waals surface area contributed by atoms with Crippen LogP contribution in [0.5, 0.6) is 0 Å². The van der Waals surface area contributed by atoms with Gasteiger partial charge in [0.25, 0.3) is 5.91 Å². The molecule has 0 saturated heterocycles. The smallest absolute Gasteiger partial charge is 0.278 e. The summed E-state index contributed by atoms with van der Waals surface area (Å²) in [7, 11) is 0. The fourth-order valence-electron chi connectivity index (χ4n) is 1.99. The van der Waals surface area contributed by atoms with E-state index >= 15 is 0 Å². The van der Waals surface area contributed by atoms with E-state index < -0.39 is 11.7 Å². The summed E-state index contributed by atoms with van der Waals surface area (Å²) in [5.41, 5.74) is 7.25. The van der Waals surface area contributed by atoms with Gasteiger partial charge in [-0.1, -0.05) is 15.9 Å². The van der Waals surface area contributed by atoms with E-state index in [1.54, 1.807) is 6.07 Å². The Morgan fingerprint density at radius 2 is 2.25 bits per heavy atom. The molecule has 1 saturated carbocycles. The number of H-pyrrole nitrogens is 1. The first kappa shape index (κ1) is 13.1. The zero-order valence-corrected chi connectivity index (χ0v) is 12.0. The number of amides is 1. The molecule has 0 bridgehead atoms. The standard InChI is InChI=1S/C13H12BrFN4O/c14-7-3-4-9(8(15)5-7)17-13(20)12-10(16)11(18-19-12)6-1-2-6/h3-6H,1-2,16H2,(H,17,20)(H,18,19). The molecule has 5 nitrogen and oxygen atoms in total. The van der Waals surface area contributed by atoms with E-state index in [0.717, 1.165) is 18.5 Å². The minimum atomic E-state index is -0.524. The Kier molecular flexibility index (Phi) is 3.21. The lowest BCUT2D eigenvalue weighted by Crippen LogP contribution is -2.15. The molecule has 1 aromatic heterocycles. The first-order chi connectivity index (χ1) is 9.56. The average molecular weight is 339 g/mol. The minimum Gasteiger partial charge on any atom is -0.395 e. The quantitative estimate of drug-likeness (QED) is 0.804. The molecule has 1 aliphatic carbocycles. The summed E-state index contributed by atoms with van der Waals surface area (Å²) in [6.45, 7) is 0. The van der Waals surface area contributed by atoms with Crippen molar-refractivity contribution >= 4 is 33.2 Å². The highest BCUT2D eigenvalue weighted by Gasteiger charge is 2.30. The largest absolute Gasteiger partial charge is 0.395 e. The number of hydrogen-bond acceptors (Lipinski definition) is 3. The SMILES string of the molecule is Nc1c(C(=O)Nc2ccc(Br)cc2F)n[nH]c1C1CC1. The molecule has 7 heteroatoms. The summed E-state index contributed by atoms with van der Waals surface area (Å²) >= 11 is 3.16. The van der Waals surface area contributed by atoms with Crippen molar-refractivity contribution < 1.29 is 9.18 Å². The number of carbonyl (C=O) groups excluding carboxylic acids is 1. The first-order valence-electron chi connectivity index (χ1n) is 6.16. The Morgan fingerprint density at radius 1 is 1.50 bits per heavy atom. The summed E-state index contributed by atoms with van der Waals surface area (Å²) in [6.07, 6.45) is 2.10.